The van der Waals surface area contributed by atoms with Gasteiger partial charge in [0.05, 0.1) is 11.7 Å². The number of carbonyl (C=O) groups is 1. The number of hydrogen-bond acceptors (Lipinski definition) is 4. The smallest absolute Gasteiger partial charge is 0.264 e. The van der Waals surface area contributed by atoms with Gasteiger partial charge in [-0.15, -0.1) is 0 Å². The van der Waals surface area contributed by atoms with Crippen LogP contribution in [0.1, 0.15) is 16.8 Å². The van der Waals surface area contributed by atoms with E-state index >= 15 is 0 Å². The zero-order valence-corrected chi connectivity index (χ0v) is 12.5. The predicted octanol–water partition coefficient (Wildman–Crippen LogP) is 1.75. The van der Waals surface area contributed by atoms with Gasteiger partial charge < -0.3 is 9.64 Å². The molecule has 0 saturated carbocycles. The Morgan fingerprint density at radius 1 is 1.43 bits per heavy atom. The maximum absolute atomic E-state index is 14.1. The van der Waals surface area contributed by atoms with Gasteiger partial charge in [-0.1, -0.05) is 0 Å². The van der Waals surface area contributed by atoms with Crippen LogP contribution in [0.5, 0.6) is 0 Å². The number of methoxy groups -OCH3 is 1. The highest BCUT2D eigenvalue weighted by atomic mass is 35.7. The van der Waals surface area contributed by atoms with Crippen molar-refractivity contribution in [2.24, 2.45) is 0 Å². The number of nitrogens with zero attached hydrogens (tertiary/aromatic N) is 1. The molecule has 1 aromatic carbocycles. The first-order chi connectivity index (χ1) is 9.74. The van der Waals surface area contributed by atoms with E-state index in [0.29, 0.717) is 25.1 Å². The van der Waals surface area contributed by atoms with Crippen LogP contribution in [0.3, 0.4) is 0 Å². The number of amides is 1. The second kappa shape index (κ2) is 5.86. The number of hydrogen-bond donors (Lipinski definition) is 0. The molecule has 1 fully saturated rings. The van der Waals surface area contributed by atoms with E-state index in [1.807, 2.05) is 0 Å². The van der Waals surface area contributed by atoms with Gasteiger partial charge in [0.15, 0.2) is 5.82 Å². The lowest BCUT2D eigenvalue weighted by Crippen LogP contribution is -2.31. The number of rotatable bonds is 3. The highest BCUT2D eigenvalue weighted by Crippen LogP contribution is 2.25. The van der Waals surface area contributed by atoms with Crippen molar-refractivity contribution in [3.8, 4) is 0 Å². The number of ether oxygens (including phenoxy) is 1. The molecule has 1 aliphatic rings. The van der Waals surface area contributed by atoms with E-state index in [-0.39, 0.29) is 12.6 Å². The maximum Gasteiger partial charge on any atom is 0.264 e. The molecule has 116 valence electrons. The van der Waals surface area contributed by atoms with Gasteiger partial charge >= 0.3 is 0 Å². The van der Waals surface area contributed by atoms with Crippen molar-refractivity contribution in [1.82, 2.24) is 4.90 Å². The molecule has 1 saturated heterocycles. The molecule has 1 aliphatic heterocycles. The molecular formula is C12H12ClF2NO4S. The lowest BCUT2D eigenvalue weighted by atomic mass is 10.2. The second-order valence-electron chi connectivity index (χ2n) is 4.60. The Hall–Kier alpha value is -1.25. The van der Waals surface area contributed by atoms with E-state index in [0.717, 1.165) is 0 Å². The Morgan fingerprint density at radius 3 is 2.62 bits per heavy atom. The third kappa shape index (κ3) is 3.33. The largest absolute Gasteiger partial charge is 0.380 e. The fourth-order valence-electron chi connectivity index (χ4n) is 2.17. The minimum atomic E-state index is -4.49. The average molecular weight is 340 g/mol. The predicted molar refractivity (Wildman–Crippen MR) is 70.7 cm³/mol. The zero-order chi connectivity index (χ0) is 15.8. The quantitative estimate of drug-likeness (QED) is 0.787. The molecule has 1 unspecified atom stereocenters. The van der Waals surface area contributed by atoms with Crippen LogP contribution in [-0.4, -0.2) is 45.5 Å². The van der Waals surface area contributed by atoms with Gasteiger partial charge in [-0.3, -0.25) is 4.79 Å². The Morgan fingerprint density at radius 2 is 2.10 bits per heavy atom. The van der Waals surface area contributed by atoms with Crippen molar-refractivity contribution in [2.75, 3.05) is 20.2 Å². The third-order valence-corrected chi connectivity index (χ3v) is 4.58. The molecule has 1 heterocycles. The monoisotopic (exact) mass is 339 g/mol. The van der Waals surface area contributed by atoms with Crippen LogP contribution in [-0.2, 0) is 13.8 Å². The van der Waals surface area contributed by atoms with E-state index in [4.69, 9.17) is 15.4 Å². The summed E-state index contributed by atoms with van der Waals surface area (Å²) < 4.78 is 55.1. The first kappa shape index (κ1) is 16.1. The molecule has 9 heteroatoms. The first-order valence-corrected chi connectivity index (χ1v) is 8.30. The molecule has 1 aromatic rings. The summed E-state index contributed by atoms with van der Waals surface area (Å²) >= 11 is 0. The van der Waals surface area contributed by atoms with E-state index < -0.39 is 37.1 Å². The number of likely N-dealkylation sites (tertiary alicyclic amines) is 1. The van der Waals surface area contributed by atoms with Gasteiger partial charge in [-0.2, -0.15) is 0 Å². The van der Waals surface area contributed by atoms with Crippen LogP contribution >= 0.6 is 10.7 Å². The maximum atomic E-state index is 14.1. The number of halogens is 3. The summed E-state index contributed by atoms with van der Waals surface area (Å²) in [6.07, 6.45) is 0.390. The molecule has 21 heavy (non-hydrogen) atoms. The normalized spacial score (nSPS) is 19.0. The summed E-state index contributed by atoms with van der Waals surface area (Å²) in [6, 6.07) is 1.10. The van der Waals surface area contributed by atoms with Crippen molar-refractivity contribution in [2.45, 2.75) is 17.4 Å². The van der Waals surface area contributed by atoms with Crippen LogP contribution in [0.4, 0.5) is 8.78 Å². The second-order valence-corrected chi connectivity index (χ2v) is 7.14. The standard InChI is InChI=1S/C12H12ClF2NO4S/c1-20-8-2-3-16(6-8)12(17)9-4-7(14)5-10(11(9)15)21(13,18)19/h4-5,8H,2-3,6H2,1H3. The van der Waals surface area contributed by atoms with Crippen LogP contribution < -0.4 is 0 Å². The first-order valence-electron chi connectivity index (χ1n) is 6.00. The van der Waals surface area contributed by atoms with E-state index in [1.165, 1.54) is 12.0 Å². The van der Waals surface area contributed by atoms with Crippen LogP contribution in [0, 0.1) is 11.6 Å². The summed E-state index contributed by atoms with van der Waals surface area (Å²) in [6.45, 7) is 0.546. The van der Waals surface area contributed by atoms with Crippen molar-refractivity contribution in [1.29, 1.82) is 0 Å². The van der Waals surface area contributed by atoms with Gasteiger partial charge in [-0.25, -0.2) is 17.2 Å². The van der Waals surface area contributed by atoms with Gasteiger partial charge in [-0.05, 0) is 18.6 Å². The Bertz CT molecular complexity index is 680. The lowest BCUT2D eigenvalue weighted by Gasteiger charge is -2.17. The summed E-state index contributed by atoms with van der Waals surface area (Å²) in [5.74, 6) is -3.20. The van der Waals surface area contributed by atoms with Crippen molar-refractivity contribution >= 4 is 25.6 Å². The molecule has 0 aliphatic carbocycles. The SMILES string of the molecule is COC1CCN(C(=O)c2cc(F)cc(S(=O)(=O)Cl)c2F)C1. The van der Waals surface area contributed by atoms with E-state index in [2.05, 4.69) is 0 Å². The lowest BCUT2D eigenvalue weighted by molar-refractivity contribution is 0.0719. The fourth-order valence-corrected chi connectivity index (χ4v) is 3.09. The molecule has 0 radical (unpaired) electrons. The summed E-state index contributed by atoms with van der Waals surface area (Å²) in [4.78, 5) is 12.4. The minimum Gasteiger partial charge on any atom is -0.380 e. The van der Waals surface area contributed by atoms with Crippen LogP contribution in [0.15, 0.2) is 17.0 Å². The summed E-state index contributed by atoms with van der Waals surface area (Å²) in [7, 11) is 2.03. The molecule has 0 aromatic heterocycles. The van der Waals surface area contributed by atoms with Crippen molar-refractivity contribution < 1.29 is 26.7 Å². The Kier molecular flexibility index (Phi) is 4.50. The Labute approximate surface area is 124 Å². The Balaban J connectivity index is 2.41. The molecule has 0 bridgehead atoms. The van der Waals surface area contributed by atoms with Gasteiger partial charge in [0.2, 0.25) is 0 Å². The molecule has 5 nitrogen and oxygen atoms in total. The number of benzene rings is 1. The molecule has 1 atom stereocenters. The molecule has 0 N–H and O–H groups in total. The van der Waals surface area contributed by atoms with E-state index in [9.17, 15) is 22.0 Å². The third-order valence-electron chi connectivity index (χ3n) is 3.26. The highest BCUT2D eigenvalue weighted by Gasteiger charge is 2.31. The molecule has 0 spiro atoms. The van der Waals surface area contributed by atoms with E-state index in [1.54, 1.807) is 0 Å². The topological polar surface area (TPSA) is 63.7 Å². The zero-order valence-electron chi connectivity index (χ0n) is 11.0. The molecular weight excluding hydrogens is 328 g/mol. The van der Waals surface area contributed by atoms with Crippen LogP contribution in [0.25, 0.3) is 0 Å². The van der Waals surface area contributed by atoms with Gasteiger partial charge in [0.1, 0.15) is 10.7 Å². The minimum absolute atomic E-state index is 0.179. The summed E-state index contributed by atoms with van der Waals surface area (Å²) in [5, 5.41) is 0. The van der Waals surface area contributed by atoms with Gasteiger partial charge in [0.25, 0.3) is 15.0 Å². The van der Waals surface area contributed by atoms with Crippen LogP contribution in [0.2, 0.25) is 0 Å². The molecule has 1 amide bonds. The average Bonchev–Trinajstić information content (AvgIpc) is 2.87. The van der Waals surface area contributed by atoms with Crippen molar-refractivity contribution in [3.05, 3.63) is 29.3 Å². The summed E-state index contributed by atoms with van der Waals surface area (Å²) in [5.41, 5.74) is -0.661. The molecule has 2 rings (SSSR count). The number of carbonyl (C=O) groups excluding carboxylic acids is 1. The van der Waals surface area contributed by atoms with Crippen molar-refractivity contribution in [3.63, 3.8) is 0 Å². The fraction of sp³-hybridized carbons (Fsp3) is 0.417. The van der Waals surface area contributed by atoms with Gasteiger partial charge in [0, 0.05) is 30.9 Å². The highest BCUT2D eigenvalue weighted by molar-refractivity contribution is 8.13.